The van der Waals surface area contributed by atoms with Gasteiger partial charge in [-0.1, -0.05) is 68.4 Å². The van der Waals surface area contributed by atoms with Crippen LogP contribution >= 0.6 is 15.9 Å². The molecule has 1 aromatic heterocycles. The third-order valence-corrected chi connectivity index (χ3v) is 6.23. The van der Waals surface area contributed by atoms with Crippen LogP contribution in [-0.4, -0.2) is 16.5 Å². The van der Waals surface area contributed by atoms with Crippen LogP contribution in [0.1, 0.15) is 37.9 Å². The van der Waals surface area contributed by atoms with Crippen molar-refractivity contribution < 1.29 is 0 Å². The smallest absolute Gasteiger partial charge is 0.230 e. The summed E-state index contributed by atoms with van der Waals surface area (Å²) in [7, 11) is 0. The molecule has 4 heteroatoms. The van der Waals surface area contributed by atoms with Crippen LogP contribution < -0.4 is 4.90 Å². The molecule has 0 unspecified atom stereocenters. The van der Waals surface area contributed by atoms with Gasteiger partial charge in [0, 0.05) is 22.3 Å². The van der Waals surface area contributed by atoms with E-state index in [1.807, 2.05) is 13.0 Å². The van der Waals surface area contributed by atoms with Gasteiger partial charge in [-0.3, -0.25) is 0 Å². The number of rotatable bonds is 6. The minimum absolute atomic E-state index is 0.481. The van der Waals surface area contributed by atoms with Crippen molar-refractivity contribution in [3.8, 4) is 22.4 Å². The molecule has 1 heterocycles. The molecule has 0 atom stereocenters. The van der Waals surface area contributed by atoms with Gasteiger partial charge in [0.05, 0.1) is 11.4 Å². The Morgan fingerprint density at radius 3 is 2.22 bits per heavy atom. The van der Waals surface area contributed by atoms with Crippen molar-refractivity contribution in [2.45, 2.75) is 33.6 Å². The molecule has 3 nitrogen and oxygen atoms in total. The molecule has 4 aromatic rings. The Morgan fingerprint density at radius 1 is 0.812 bits per heavy atom. The molecule has 0 fully saturated rings. The summed E-state index contributed by atoms with van der Waals surface area (Å²) in [5, 5.41) is 0. The Kier molecular flexibility index (Phi) is 6.71. The predicted octanol–water partition coefficient (Wildman–Crippen LogP) is 8.16. The molecule has 32 heavy (non-hydrogen) atoms. The van der Waals surface area contributed by atoms with Gasteiger partial charge in [-0.25, -0.2) is 9.97 Å². The summed E-state index contributed by atoms with van der Waals surface area (Å²) in [4.78, 5) is 11.9. The minimum atomic E-state index is 0.481. The third-order valence-electron chi connectivity index (χ3n) is 5.59. The molecule has 4 rings (SSSR count). The number of hydrogen-bond acceptors (Lipinski definition) is 3. The second kappa shape index (κ2) is 9.66. The minimum Gasteiger partial charge on any atom is -0.310 e. The third kappa shape index (κ3) is 4.76. The fourth-order valence-corrected chi connectivity index (χ4v) is 4.44. The van der Waals surface area contributed by atoms with Crippen LogP contribution in [0, 0.1) is 6.92 Å². The highest BCUT2D eigenvalue weighted by Crippen LogP contribution is 2.34. The van der Waals surface area contributed by atoms with E-state index in [1.165, 1.54) is 16.7 Å². The predicted molar refractivity (Wildman–Crippen MR) is 139 cm³/mol. The maximum Gasteiger partial charge on any atom is 0.230 e. The zero-order valence-corrected chi connectivity index (χ0v) is 20.6. The molecule has 0 radical (unpaired) electrons. The van der Waals surface area contributed by atoms with Crippen molar-refractivity contribution in [2.75, 3.05) is 11.4 Å². The molecule has 0 amide bonds. The summed E-state index contributed by atoms with van der Waals surface area (Å²) >= 11 is 3.77. The lowest BCUT2D eigenvalue weighted by Gasteiger charge is -2.24. The normalized spacial score (nSPS) is 11.1. The van der Waals surface area contributed by atoms with Crippen LogP contribution in [0.25, 0.3) is 22.4 Å². The van der Waals surface area contributed by atoms with Gasteiger partial charge in [0.15, 0.2) is 0 Å². The number of anilines is 2. The van der Waals surface area contributed by atoms with E-state index in [2.05, 4.69) is 114 Å². The Balaban J connectivity index is 1.75. The SMILES string of the molecule is CCN(c1nc(C)cc(-c2cccc(-c3ccccc3)c2)n1)c1ccc(C(C)C)cc1Br. The fraction of sp³-hybridized carbons (Fsp3) is 0.214. The van der Waals surface area contributed by atoms with E-state index in [-0.39, 0.29) is 0 Å². The lowest BCUT2D eigenvalue weighted by molar-refractivity contribution is 0.863. The van der Waals surface area contributed by atoms with E-state index in [4.69, 9.17) is 9.97 Å². The second-order valence-corrected chi connectivity index (χ2v) is 9.11. The van der Waals surface area contributed by atoms with Crippen molar-refractivity contribution in [3.63, 3.8) is 0 Å². The first kappa shape index (κ1) is 22.2. The van der Waals surface area contributed by atoms with Crippen molar-refractivity contribution in [3.05, 3.63) is 94.6 Å². The summed E-state index contributed by atoms with van der Waals surface area (Å²) in [6.07, 6.45) is 0. The maximum atomic E-state index is 4.98. The number of hydrogen-bond donors (Lipinski definition) is 0. The van der Waals surface area contributed by atoms with E-state index in [0.717, 1.165) is 33.7 Å². The molecule has 0 N–H and O–H groups in total. The molecular weight excluding hydrogens is 458 g/mol. The summed E-state index contributed by atoms with van der Waals surface area (Å²) in [5.41, 5.74) is 7.72. The highest BCUT2D eigenvalue weighted by Gasteiger charge is 2.16. The van der Waals surface area contributed by atoms with Gasteiger partial charge < -0.3 is 4.90 Å². The van der Waals surface area contributed by atoms with E-state index >= 15 is 0 Å². The molecule has 0 aliphatic heterocycles. The lowest BCUT2D eigenvalue weighted by Crippen LogP contribution is -2.20. The molecule has 0 aliphatic rings. The van der Waals surface area contributed by atoms with Gasteiger partial charge in [-0.05, 0) is 76.7 Å². The first-order valence-corrected chi connectivity index (χ1v) is 11.8. The van der Waals surface area contributed by atoms with E-state index in [9.17, 15) is 0 Å². The van der Waals surface area contributed by atoms with Crippen LogP contribution in [-0.2, 0) is 0 Å². The summed E-state index contributed by atoms with van der Waals surface area (Å²) in [6.45, 7) is 9.34. The van der Waals surface area contributed by atoms with E-state index in [1.54, 1.807) is 0 Å². The largest absolute Gasteiger partial charge is 0.310 e. The van der Waals surface area contributed by atoms with E-state index < -0.39 is 0 Å². The van der Waals surface area contributed by atoms with Crippen LogP contribution in [0.15, 0.2) is 83.3 Å². The van der Waals surface area contributed by atoms with Crippen molar-refractivity contribution in [2.24, 2.45) is 0 Å². The molecule has 0 saturated carbocycles. The lowest BCUT2D eigenvalue weighted by atomic mass is 10.0. The fourth-order valence-electron chi connectivity index (χ4n) is 3.83. The quantitative estimate of drug-likeness (QED) is 0.275. The molecule has 162 valence electrons. The van der Waals surface area contributed by atoms with Crippen molar-refractivity contribution >= 4 is 27.6 Å². The molecule has 0 bridgehead atoms. The summed E-state index contributed by atoms with van der Waals surface area (Å²) in [6, 6.07) is 27.6. The monoisotopic (exact) mass is 485 g/mol. The number of halogens is 1. The summed E-state index contributed by atoms with van der Waals surface area (Å²) < 4.78 is 1.06. The topological polar surface area (TPSA) is 29.0 Å². The molecule has 0 aliphatic carbocycles. The zero-order chi connectivity index (χ0) is 22.7. The zero-order valence-electron chi connectivity index (χ0n) is 19.0. The highest BCUT2D eigenvalue weighted by atomic mass is 79.9. The average Bonchev–Trinajstić information content (AvgIpc) is 2.81. The Morgan fingerprint density at radius 2 is 1.53 bits per heavy atom. The second-order valence-electron chi connectivity index (χ2n) is 8.25. The Labute approximate surface area is 199 Å². The van der Waals surface area contributed by atoms with Crippen molar-refractivity contribution in [1.82, 2.24) is 9.97 Å². The number of aryl methyl sites for hydroxylation is 1. The van der Waals surface area contributed by atoms with Gasteiger partial charge in [0.1, 0.15) is 0 Å². The highest BCUT2D eigenvalue weighted by molar-refractivity contribution is 9.10. The van der Waals surface area contributed by atoms with Gasteiger partial charge in [-0.15, -0.1) is 0 Å². The van der Waals surface area contributed by atoms with Crippen molar-refractivity contribution in [1.29, 1.82) is 0 Å². The number of nitrogens with zero attached hydrogens (tertiary/aromatic N) is 3. The molecular formula is C28H28BrN3. The molecule has 0 saturated heterocycles. The maximum absolute atomic E-state index is 4.98. The molecule has 3 aromatic carbocycles. The van der Waals surface area contributed by atoms with Gasteiger partial charge in [-0.2, -0.15) is 0 Å². The van der Waals surface area contributed by atoms with E-state index in [0.29, 0.717) is 11.9 Å². The average molecular weight is 486 g/mol. The van der Waals surface area contributed by atoms with Crippen LogP contribution in [0.4, 0.5) is 11.6 Å². The Bertz CT molecular complexity index is 1220. The number of benzene rings is 3. The van der Waals surface area contributed by atoms with Crippen LogP contribution in [0.3, 0.4) is 0 Å². The number of aromatic nitrogens is 2. The first-order chi connectivity index (χ1) is 15.5. The van der Waals surface area contributed by atoms with Gasteiger partial charge in [0.2, 0.25) is 5.95 Å². The Hall–Kier alpha value is -2.98. The summed E-state index contributed by atoms with van der Waals surface area (Å²) in [5.74, 6) is 1.19. The first-order valence-electron chi connectivity index (χ1n) is 11.0. The van der Waals surface area contributed by atoms with Crippen LogP contribution in [0.5, 0.6) is 0 Å². The van der Waals surface area contributed by atoms with Gasteiger partial charge >= 0.3 is 0 Å². The van der Waals surface area contributed by atoms with Crippen LogP contribution in [0.2, 0.25) is 0 Å². The molecule has 0 spiro atoms. The standard InChI is InChI=1S/C28H28BrN3/c1-5-32(27-15-14-22(19(2)3)18-25(27)29)28-30-20(4)16-26(31-28)24-13-9-12-23(17-24)21-10-7-6-8-11-21/h6-19H,5H2,1-4H3. The van der Waals surface area contributed by atoms with Gasteiger partial charge in [0.25, 0.3) is 0 Å².